The summed E-state index contributed by atoms with van der Waals surface area (Å²) in [6.45, 7) is 0. The summed E-state index contributed by atoms with van der Waals surface area (Å²) >= 11 is 0. The van der Waals surface area contributed by atoms with Gasteiger partial charge in [0.2, 0.25) is 0 Å². The van der Waals surface area contributed by atoms with Gasteiger partial charge in [-0.3, -0.25) is 0 Å². The quantitative estimate of drug-likeness (QED) is 0.610. The Morgan fingerprint density at radius 2 is 1.57 bits per heavy atom. The zero-order valence-corrected chi connectivity index (χ0v) is 13.1. The van der Waals surface area contributed by atoms with Crippen LogP contribution in [0.2, 0.25) is 0 Å². The first kappa shape index (κ1) is 15.4. The largest absolute Gasteiger partial charge is 0.452 e. The van der Waals surface area contributed by atoms with E-state index in [9.17, 15) is 4.79 Å². The highest BCUT2D eigenvalue weighted by Crippen LogP contribution is 2.34. The average molecular weight is 304 g/mol. The number of carbonyl (C=O) groups excluding carboxylic acids is 1. The van der Waals surface area contributed by atoms with Gasteiger partial charge in [-0.2, -0.15) is 0 Å². The van der Waals surface area contributed by atoms with Gasteiger partial charge >= 0.3 is 5.97 Å². The number of hydrogen-bond donors (Lipinski definition) is 0. The number of rotatable bonds is 2. The normalized spacial score (nSPS) is 20.2. The van der Waals surface area contributed by atoms with Gasteiger partial charge in [0, 0.05) is 17.4 Å². The molecule has 2 aromatic carbocycles. The van der Waals surface area contributed by atoms with Gasteiger partial charge in [0.15, 0.2) is 0 Å². The molecule has 1 fully saturated rings. The second-order valence-electron chi connectivity index (χ2n) is 5.86. The summed E-state index contributed by atoms with van der Waals surface area (Å²) in [5.74, 6) is 5.33. The van der Waals surface area contributed by atoms with Crippen LogP contribution >= 0.6 is 0 Å². The van der Waals surface area contributed by atoms with E-state index < -0.39 is 5.97 Å². The van der Waals surface area contributed by atoms with Crippen molar-refractivity contribution < 1.29 is 9.53 Å². The van der Waals surface area contributed by atoms with Crippen LogP contribution in [0.15, 0.2) is 60.7 Å². The van der Waals surface area contributed by atoms with Crippen molar-refractivity contribution in [1.82, 2.24) is 0 Å². The molecule has 2 heteroatoms. The van der Waals surface area contributed by atoms with Crippen LogP contribution < -0.4 is 0 Å². The molecule has 0 spiro atoms. The number of carbonyl (C=O) groups is 1. The number of benzene rings is 2. The van der Waals surface area contributed by atoms with Crippen LogP contribution in [0.4, 0.5) is 0 Å². The number of esters is 1. The van der Waals surface area contributed by atoms with E-state index in [0.717, 1.165) is 24.8 Å². The molecule has 1 aliphatic rings. The molecule has 2 atom stereocenters. The molecular formula is C21H20O2. The van der Waals surface area contributed by atoms with Crippen molar-refractivity contribution in [2.24, 2.45) is 0 Å². The molecule has 0 N–H and O–H groups in total. The number of ether oxygens (including phenoxy) is 1. The van der Waals surface area contributed by atoms with E-state index in [1.807, 2.05) is 48.5 Å². The fourth-order valence-corrected chi connectivity index (χ4v) is 3.13. The Morgan fingerprint density at radius 3 is 2.30 bits per heavy atom. The van der Waals surface area contributed by atoms with E-state index in [0.29, 0.717) is 0 Å². The van der Waals surface area contributed by atoms with Gasteiger partial charge in [0.25, 0.3) is 0 Å². The monoisotopic (exact) mass is 304 g/mol. The molecule has 2 aromatic rings. The summed E-state index contributed by atoms with van der Waals surface area (Å²) < 4.78 is 5.67. The van der Waals surface area contributed by atoms with Gasteiger partial charge in [-0.25, -0.2) is 4.79 Å². The molecular weight excluding hydrogens is 284 g/mol. The SMILES string of the molecule is O=C(C#Cc1ccccc1)OC1CCCC[C@H]1c1ccccc1. The van der Waals surface area contributed by atoms with Gasteiger partial charge < -0.3 is 4.74 Å². The molecule has 0 heterocycles. The smallest absolute Gasteiger partial charge is 0.385 e. The van der Waals surface area contributed by atoms with E-state index >= 15 is 0 Å². The van der Waals surface area contributed by atoms with Crippen LogP contribution in [-0.4, -0.2) is 12.1 Å². The average Bonchev–Trinajstić information content (AvgIpc) is 2.62. The lowest BCUT2D eigenvalue weighted by Gasteiger charge is -2.30. The molecule has 0 radical (unpaired) electrons. The van der Waals surface area contributed by atoms with Gasteiger partial charge in [-0.05, 0) is 37.0 Å². The lowest BCUT2D eigenvalue weighted by molar-refractivity contribution is -0.144. The molecule has 1 saturated carbocycles. The minimum absolute atomic E-state index is 0.0660. The highest BCUT2D eigenvalue weighted by molar-refractivity contribution is 5.89. The van der Waals surface area contributed by atoms with Gasteiger partial charge in [0.05, 0.1) is 0 Å². The van der Waals surface area contributed by atoms with Crippen molar-refractivity contribution in [2.75, 3.05) is 0 Å². The fraction of sp³-hybridized carbons (Fsp3) is 0.286. The van der Waals surface area contributed by atoms with Crippen LogP contribution in [0.5, 0.6) is 0 Å². The lowest BCUT2D eigenvalue weighted by Crippen LogP contribution is -2.28. The molecule has 0 saturated heterocycles. The Morgan fingerprint density at radius 1 is 0.913 bits per heavy atom. The van der Waals surface area contributed by atoms with Crippen LogP contribution in [0.25, 0.3) is 0 Å². The Balaban J connectivity index is 1.68. The molecule has 1 aliphatic carbocycles. The first-order chi connectivity index (χ1) is 11.3. The van der Waals surface area contributed by atoms with Crippen LogP contribution in [-0.2, 0) is 9.53 Å². The zero-order chi connectivity index (χ0) is 15.9. The minimum Gasteiger partial charge on any atom is -0.452 e. The first-order valence-corrected chi connectivity index (χ1v) is 8.15. The Hall–Kier alpha value is -2.53. The highest BCUT2D eigenvalue weighted by atomic mass is 16.5. The van der Waals surface area contributed by atoms with Crippen molar-refractivity contribution in [2.45, 2.75) is 37.7 Å². The maximum Gasteiger partial charge on any atom is 0.385 e. The standard InChI is InChI=1S/C21H20O2/c22-21(16-15-17-9-3-1-4-10-17)23-20-14-8-7-13-19(20)18-11-5-2-6-12-18/h1-6,9-12,19-20H,7-8,13-14H2/t19-,20?/m0/s1. The molecule has 116 valence electrons. The predicted octanol–water partition coefficient (Wildman–Crippen LogP) is 4.31. The molecule has 0 aromatic heterocycles. The fourth-order valence-electron chi connectivity index (χ4n) is 3.13. The summed E-state index contributed by atoms with van der Waals surface area (Å²) in [6.07, 6.45) is 4.20. The van der Waals surface area contributed by atoms with E-state index in [-0.39, 0.29) is 12.0 Å². The highest BCUT2D eigenvalue weighted by Gasteiger charge is 2.29. The second kappa shape index (κ2) is 7.65. The summed E-state index contributed by atoms with van der Waals surface area (Å²) in [5, 5.41) is 0. The van der Waals surface area contributed by atoms with Crippen molar-refractivity contribution >= 4 is 5.97 Å². The summed E-state index contributed by atoms with van der Waals surface area (Å²) in [7, 11) is 0. The van der Waals surface area contributed by atoms with E-state index in [2.05, 4.69) is 24.0 Å². The minimum atomic E-state index is -0.429. The van der Waals surface area contributed by atoms with Crippen LogP contribution in [0.3, 0.4) is 0 Å². The number of hydrogen-bond acceptors (Lipinski definition) is 2. The molecule has 1 unspecified atom stereocenters. The van der Waals surface area contributed by atoms with Crippen molar-refractivity contribution in [1.29, 1.82) is 0 Å². The molecule has 0 bridgehead atoms. The van der Waals surface area contributed by atoms with Crippen LogP contribution in [0.1, 0.15) is 42.7 Å². The summed E-state index contributed by atoms with van der Waals surface area (Å²) in [6, 6.07) is 19.8. The zero-order valence-electron chi connectivity index (χ0n) is 13.1. The third kappa shape index (κ3) is 4.23. The van der Waals surface area contributed by atoms with Crippen LogP contribution in [0, 0.1) is 11.8 Å². The van der Waals surface area contributed by atoms with E-state index in [1.54, 1.807) is 0 Å². The second-order valence-corrected chi connectivity index (χ2v) is 5.86. The molecule has 0 amide bonds. The third-order valence-corrected chi connectivity index (χ3v) is 4.27. The van der Waals surface area contributed by atoms with E-state index in [1.165, 1.54) is 12.0 Å². The summed E-state index contributed by atoms with van der Waals surface area (Å²) in [5.41, 5.74) is 2.08. The Kier molecular flexibility index (Phi) is 5.11. The van der Waals surface area contributed by atoms with Gasteiger partial charge in [-0.1, -0.05) is 60.9 Å². The van der Waals surface area contributed by atoms with Crippen molar-refractivity contribution in [3.05, 3.63) is 71.8 Å². The Labute approximate surface area is 137 Å². The maximum atomic E-state index is 12.1. The van der Waals surface area contributed by atoms with Gasteiger partial charge in [0.1, 0.15) is 6.10 Å². The molecule has 2 nitrogen and oxygen atoms in total. The van der Waals surface area contributed by atoms with Crippen molar-refractivity contribution in [3.63, 3.8) is 0 Å². The maximum absolute atomic E-state index is 12.1. The molecule has 3 rings (SSSR count). The van der Waals surface area contributed by atoms with Crippen molar-refractivity contribution in [3.8, 4) is 11.8 Å². The molecule has 0 aliphatic heterocycles. The Bertz CT molecular complexity index is 695. The summed E-state index contributed by atoms with van der Waals surface area (Å²) in [4.78, 5) is 12.1. The lowest BCUT2D eigenvalue weighted by atomic mass is 9.81. The van der Waals surface area contributed by atoms with Gasteiger partial charge in [-0.15, -0.1) is 0 Å². The molecule has 23 heavy (non-hydrogen) atoms. The topological polar surface area (TPSA) is 26.3 Å². The third-order valence-electron chi connectivity index (χ3n) is 4.27. The first-order valence-electron chi connectivity index (χ1n) is 8.15. The predicted molar refractivity (Wildman–Crippen MR) is 90.9 cm³/mol. The van der Waals surface area contributed by atoms with E-state index in [4.69, 9.17) is 4.74 Å².